The van der Waals surface area contributed by atoms with Crippen molar-refractivity contribution in [1.82, 2.24) is 10.3 Å². The van der Waals surface area contributed by atoms with Gasteiger partial charge in [-0.15, -0.1) is 22.7 Å². The molecular weight excluding hydrogens is 448 g/mol. The van der Waals surface area contributed by atoms with Crippen molar-refractivity contribution in [1.29, 1.82) is 0 Å². The van der Waals surface area contributed by atoms with Crippen molar-refractivity contribution in [3.05, 3.63) is 58.1 Å². The second-order valence-electron chi connectivity index (χ2n) is 6.94. The molecule has 3 aromatic heterocycles. The van der Waals surface area contributed by atoms with E-state index in [0.29, 0.717) is 34.4 Å². The average molecular weight is 469 g/mol. The van der Waals surface area contributed by atoms with Crippen LogP contribution in [-0.2, 0) is 9.59 Å². The number of nitrogens with zero attached hydrogens (tertiary/aromatic N) is 2. The number of para-hydroxylation sites is 1. The first-order chi connectivity index (χ1) is 15.5. The van der Waals surface area contributed by atoms with Crippen molar-refractivity contribution >= 4 is 56.5 Å². The number of hydrogen-bond acceptors (Lipinski definition) is 7. The molecule has 3 amide bonds. The van der Waals surface area contributed by atoms with E-state index in [1.807, 2.05) is 47.2 Å². The molecule has 4 aromatic rings. The molecule has 0 saturated carbocycles. The Morgan fingerprint density at radius 2 is 1.97 bits per heavy atom. The van der Waals surface area contributed by atoms with Gasteiger partial charge in [-0.1, -0.05) is 24.3 Å². The minimum absolute atomic E-state index is 0.156. The molecule has 3 N–H and O–H groups in total. The smallest absolute Gasteiger partial charge is 0.270 e. The highest BCUT2D eigenvalue weighted by Gasteiger charge is 2.22. The van der Waals surface area contributed by atoms with Crippen molar-refractivity contribution in [2.24, 2.45) is 5.73 Å². The maximum Gasteiger partial charge on any atom is 0.270 e. The number of thiophene rings is 1. The molecule has 32 heavy (non-hydrogen) atoms. The van der Waals surface area contributed by atoms with Crippen LogP contribution in [0, 0.1) is 0 Å². The van der Waals surface area contributed by atoms with Gasteiger partial charge >= 0.3 is 0 Å². The topological polar surface area (TPSA) is 119 Å². The Bertz CT molecular complexity index is 1210. The summed E-state index contributed by atoms with van der Waals surface area (Å²) in [7, 11) is 0. The predicted molar refractivity (Wildman–Crippen MR) is 125 cm³/mol. The van der Waals surface area contributed by atoms with Crippen molar-refractivity contribution in [2.75, 3.05) is 18.0 Å². The van der Waals surface area contributed by atoms with E-state index in [2.05, 4.69) is 10.3 Å². The number of rotatable bonds is 9. The van der Waals surface area contributed by atoms with E-state index >= 15 is 0 Å². The van der Waals surface area contributed by atoms with Crippen LogP contribution in [0.15, 0.2) is 57.6 Å². The lowest BCUT2D eigenvalue weighted by molar-refractivity contribution is -0.124. The number of thiazole rings is 1. The predicted octanol–water partition coefficient (Wildman–Crippen LogP) is 3.65. The molecular formula is C22H20N4O4S2. The number of benzene rings is 1. The number of amides is 3. The minimum atomic E-state index is -0.603. The second kappa shape index (κ2) is 9.75. The molecule has 0 fully saturated rings. The van der Waals surface area contributed by atoms with E-state index in [4.69, 9.17) is 10.2 Å². The van der Waals surface area contributed by atoms with Crippen LogP contribution >= 0.6 is 22.7 Å². The van der Waals surface area contributed by atoms with Gasteiger partial charge in [-0.25, -0.2) is 4.98 Å². The highest BCUT2D eigenvalue weighted by molar-refractivity contribution is 7.14. The molecule has 0 unspecified atom stereocenters. The normalized spacial score (nSPS) is 10.9. The first-order valence-corrected chi connectivity index (χ1v) is 11.6. The van der Waals surface area contributed by atoms with E-state index in [0.717, 1.165) is 11.0 Å². The zero-order valence-corrected chi connectivity index (χ0v) is 18.6. The molecule has 0 saturated heterocycles. The first-order valence-electron chi connectivity index (χ1n) is 9.86. The maximum absolute atomic E-state index is 13.1. The maximum atomic E-state index is 13.1. The molecule has 0 atom stereocenters. The van der Waals surface area contributed by atoms with Crippen LogP contribution in [0.25, 0.3) is 22.4 Å². The minimum Gasteiger partial charge on any atom is -0.454 e. The van der Waals surface area contributed by atoms with Crippen molar-refractivity contribution < 1.29 is 18.8 Å². The number of furan rings is 1. The Kier molecular flexibility index (Phi) is 6.62. The summed E-state index contributed by atoms with van der Waals surface area (Å²) in [6.45, 7) is 0.0951. The van der Waals surface area contributed by atoms with Gasteiger partial charge in [0.15, 0.2) is 10.9 Å². The summed E-state index contributed by atoms with van der Waals surface area (Å²) in [6, 6.07) is 13.2. The molecule has 0 spiro atoms. The third-order valence-corrected chi connectivity index (χ3v) is 6.34. The number of fused-ring (bicyclic) bond motifs is 1. The van der Waals surface area contributed by atoms with Gasteiger partial charge in [0.2, 0.25) is 11.8 Å². The summed E-state index contributed by atoms with van der Waals surface area (Å²) in [5.74, 6) is -0.450. The van der Waals surface area contributed by atoms with E-state index in [9.17, 15) is 14.4 Å². The van der Waals surface area contributed by atoms with Crippen LogP contribution < -0.4 is 16.0 Å². The summed E-state index contributed by atoms with van der Waals surface area (Å²) in [5, 5.41) is 7.64. The quantitative estimate of drug-likeness (QED) is 0.389. The summed E-state index contributed by atoms with van der Waals surface area (Å²) in [4.78, 5) is 42.6. The summed E-state index contributed by atoms with van der Waals surface area (Å²) < 4.78 is 5.89. The highest BCUT2D eigenvalue weighted by atomic mass is 32.1. The lowest BCUT2D eigenvalue weighted by Crippen LogP contribution is -2.35. The van der Waals surface area contributed by atoms with Crippen LogP contribution in [0.4, 0.5) is 5.13 Å². The third-order valence-electron chi connectivity index (χ3n) is 4.62. The number of carbonyl (C=O) groups is 3. The van der Waals surface area contributed by atoms with Gasteiger partial charge in [-0.2, -0.15) is 0 Å². The molecule has 0 radical (unpaired) electrons. The number of anilines is 1. The molecule has 4 rings (SSSR count). The summed E-state index contributed by atoms with van der Waals surface area (Å²) in [5.41, 5.74) is 6.45. The van der Waals surface area contributed by atoms with E-state index in [-0.39, 0.29) is 24.8 Å². The van der Waals surface area contributed by atoms with Crippen LogP contribution in [0.1, 0.15) is 22.5 Å². The monoisotopic (exact) mass is 468 g/mol. The molecule has 164 valence electrons. The Morgan fingerprint density at radius 3 is 2.72 bits per heavy atom. The number of aromatic nitrogens is 1. The zero-order valence-electron chi connectivity index (χ0n) is 16.9. The van der Waals surface area contributed by atoms with Crippen LogP contribution in [0.5, 0.6) is 0 Å². The summed E-state index contributed by atoms with van der Waals surface area (Å²) in [6.07, 6.45) is 0.560. The van der Waals surface area contributed by atoms with E-state index in [1.165, 1.54) is 22.7 Å². The molecule has 3 heterocycles. The van der Waals surface area contributed by atoms with Gasteiger partial charge < -0.3 is 15.5 Å². The van der Waals surface area contributed by atoms with Crippen molar-refractivity contribution in [2.45, 2.75) is 12.8 Å². The number of carbonyl (C=O) groups excluding carboxylic acids is 3. The van der Waals surface area contributed by atoms with Gasteiger partial charge in [0.1, 0.15) is 11.3 Å². The van der Waals surface area contributed by atoms with Crippen LogP contribution in [0.3, 0.4) is 0 Å². The van der Waals surface area contributed by atoms with E-state index in [1.54, 1.807) is 11.0 Å². The number of nitrogens with two attached hydrogens (primary N) is 1. The number of hydrogen-bond donors (Lipinski definition) is 2. The Balaban J connectivity index is 1.51. The molecule has 0 aliphatic rings. The molecule has 0 aliphatic carbocycles. The molecule has 10 heteroatoms. The molecule has 0 aliphatic heterocycles. The molecule has 8 nitrogen and oxygen atoms in total. The van der Waals surface area contributed by atoms with Gasteiger partial charge in [0.25, 0.3) is 5.91 Å². The second-order valence-corrected chi connectivity index (χ2v) is 8.73. The standard InChI is InChI=1S/C22H20N4O4S2/c23-19(27)12-24-20(28)8-3-9-26(21(29)18-7-4-10-31-18)22-25-15(13-32-22)17-11-14-5-1-2-6-16(14)30-17/h1-2,4-7,10-11,13H,3,8-9,12H2,(H2,23,27)(H,24,28). The van der Waals surface area contributed by atoms with Crippen molar-refractivity contribution in [3.8, 4) is 11.5 Å². The zero-order chi connectivity index (χ0) is 22.5. The molecule has 0 bridgehead atoms. The van der Waals surface area contributed by atoms with Gasteiger partial charge in [-0.3, -0.25) is 19.3 Å². The number of primary amides is 1. The fraction of sp³-hybridized carbons (Fsp3) is 0.182. The van der Waals surface area contributed by atoms with Gasteiger partial charge in [-0.05, 0) is 30.0 Å². The van der Waals surface area contributed by atoms with Crippen LogP contribution in [-0.4, -0.2) is 35.8 Å². The largest absolute Gasteiger partial charge is 0.454 e. The fourth-order valence-electron chi connectivity index (χ4n) is 3.10. The fourth-order valence-corrected chi connectivity index (χ4v) is 4.61. The Labute approximate surface area is 191 Å². The lowest BCUT2D eigenvalue weighted by atomic mass is 10.2. The number of nitrogens with one attached hydrogen (secondary N) is 1. The van der Waals surface area contributed by atoms with Gasteiger partial charge in [0.05, 0.1) is 11.4 Å². The van der Waals surface area contributed by atoms with E-state index < -0.39 is 5.91 Å². The third kappa shape index (κ3) is 5.04. The van der Waals surface area contributed by atoms with Gasteiger partial charge in [0, 0.05) is 23.7 Å². The SMILES string of the molecule is NC(=O)CNC(=O)CCCN(C(=O)c1cccs1)c1nc(-c2cc3ccccc3o2)cs1. The average Bonchev–Trinajstić information content (AvgIpc) is 3.54. The Morgan fingerprint density at radius 1 is 1.12 bits per heavy atom. The van der Waals surface area contributed by atoms with Crippen LogP contribution in [0.2, 0.25) is 0 Å². The summed E-state index contributed by atoms with van der Waals surface area (Å²) >= 11 is 2.69. The first kappa shape index (κ1) is 21.7. The Hall–Kier alpha value is -3.50. The molecule has 1 aromatic carbocycles. The lowest BCUT2D eigenvalue weighted by Gasteiger charge is -2.19. The highest BCUT2D eigenvalue weighted by Crippen LogP contribution is 2.32. The van der Waals surface area contributed by atoms with Crippen molar-refractivity contribution in [3.63, 3.8) is 0 Å².